The van der Waals surface area contributed by atoms with Crippen molar-refractivity contribution in [2.75, 3.05) is 9.80 Å². The van der Waals surface area contributed by atoms with Crippen molar-refractivity contribution >= 4 is 23.0 Å². The molecule has 4 heterocycles. The quantitative estimate of drug-likeness (QED) is 0.688. The van der Waals surface area contributed by atoms with Crippen LogP contribution >= 0.6 is 0 Å². The molecule has 0 N–H and O–H groups in total. The van der Waals surface area contributed by atoms with Gasteiger partial charge in [0.05, 0.1) is 6.20 Å². The molecule has 2 aromatic heterocycles. The van der Waals surface area contributed by atoms with Gasteiger partial charge in [0.15, 0.2) is 5.82 Å². The summed E-state index contributed by atoms with van der Waals surface area (Å²) in [6.07, 6.45) is 6.44. The number of fused-ring (bicyclic) bond motifs is 5. The minimum Gasteiger partial charge on any atom is -0.315 e. The molecule has 5 nitrogen and oxygen atoms in total. The van der Waals surface area contributed by atoms with E-state index in [2.05, 4.69) is 49.0 Å². The zero-order valence-corrected chi connectivity index (χ0v) is 11.8. The highest BCUT2D eigenvalue weighted by Gasteiger charge is 2.44. The Kier molecular flexibility index (Phi) is 2.27. The van der Waals surface area contributed by atoms with Crippen LogP contribution < -0.4 is 9.80 Å². The normalized spacial score (nSPS) is 18.1. The molecular formula is C17H13N5. The van der Waals surface area contributed by atoms with Gasteiger partial charge in [0.2, 0.25) is 0 Å². The third-order valence-corrected chi connectivity index (χ3v) is 4.31. The summed E-state index contributed by atoms with van der Waals surface area (Å²) in [6.45, 7) is 0. The summed E-state index contributed by atoms with van der Waals surface area (Å²) in [5.74, 6) is 1.84. The van der Waals surface area contributed by atoms with Gasteiger partial charge in [0.25, 0.3) is 0 Å². The van der Waals surface area contributed by atoms with E-state index in [0.717, 1.165) is 23.7 Å². The van der Waals surface area contributed by atoms with Gasteiger partial charge in [-0.1, -0.05) is 24.3 Å². The Hall–Kier alpha value is -2.95. The molecule has 0 amide bonds. The van der Waals surface area contributed by atoms with Crippen molar-refractivity contribution in [2.45, 2.75) is 12.6 Å². The monoisotopic (exact) mass is 287 g/mol. The van der Waals surface area contributed by atoms with Gasteiger partial charge < -0.3 is 4.90 Å². The van der Waals surface area contributed by atoms with Gasteiger partial charge in [0.1, 0.15) is 24.0 Å². The van der Waals surface area contributed by atoms with Crippen LogP contribution in [0.2, 0.25) is 0 Å². The Balaban J connectivity index is 1.73. The maximum atomic E-state index is 4.52. The second kappa shape index (κ2) is 4.27. The number of nitrogens with zero attached hydrogens (tertiary/aromatic N) is 5. The summed E-state index contributed by atoms with van der Waals surface area (Å²) in [4.78, 5) is 17.8. The van der Waals surface area contributed by atoms with Crippen LogP contribution in [-0.4, -0.2) is 21.1 Å². The molecule has 3 aromatic rings. The molecule has 0 saturated carbocycles. The molecule has 2 aliphatic rings. The lowest BCUT2D eigenvalue weighted by atomic mass is 10.1. The first-order chi connectivity index (χ1) is 10.9. The fourth-order valence-corrected chi connectivity index (χ4v) is 3.43. The van der Waals surface area contributed by atoms with E-state index < -0.39 is 0 Å². The maximum absolute atomic E-state index is 4.52. The number of hydrogen-bond acceptors (Lipinski definition) is 5. The zero-order chi connectivity index (χ0) is 14.5. The highest BCUT2D eigenvalue weighted by molar-refractivity contribution is 5.87. The average molecular weight is 287 g/mol. The molecule has 2 aliphatic heterocycles. The lowest BCUT2D eigenvalue weighted by Gasteiger charge is -2.25. The molecular weight excluding hydrogens is 274 g/mol. The van der Waals surface area contributed by atoms with Crippen LogP contribution in [0.1, 0.15) is 5.56 Å². The Morgan fingerprint density at radius 1 is 0.909 bits per heavy atom. The summed E-state index contributed by atoms with van der Waals surface area (Å²) >= 11 is 0. The molecule has 0 spiro atoms. The lowest BCUT2D eigenvalue weighted by Crippen LogP contribution is -2.36. The van der Waals surface area contributed by atoms with Crippen LogP contribution in [0, 0.1) is 0 Å². The number of rotatable bonds is 1. The summed E-state index contributed by atoms with van der Waals surface area (Å²) in [6, 6.07) is 14.5. The largest absolute Gasteiger partial charge is 0.315 e. The van der Waals surface area contributed by atoms with Gasteiger partial charge in [-0.2, -0.15) is 0 Å². The number of hydrogen-bond donors (Lipinski definition) is 0. The van der Waals surface area contributed by atoms with E-state index in [4.69, 9.17) is 0 Å². The zero-order valence-electron chi connectivity index (χ0n) is 11.8. The summed E-state index contributed by atoms with van der Waals surface area (Å²) in [7, 11) is 0. The van der Waals surface area contributed by atoms with Gasteiger partial charge in [-0.25, -0.2) is 15.0 Å². The van der Waals surface area contributed by atoms with E-state index in [1.807, 2.05) is 30.6 Å². The van der Waals surface area contributed by atoms with Gasteiger partial charge in [-0.3, -0.25) is 4.90 Å². The summed E-state index contributed by atoms with van der Waals surface area (Å²) in [5, 5.41) is 0. The first kappa shape index (κ1) is 11.7. The second-order valence-electron chi connectivity index (χ2n) is 5.47. The van der Waals surface area contributed by atoms with Crippen molar-refractivity contribution in [1.29, 1.82) is 0 Å². The molecule has 1 unspecified atom stereocenters. The van der Waals surface area contributed by atoms with Crippen molar-refractivity contribution in [3.63, 3.8) is 0 Å². The van der Waals surface area contributed by atoms with Crippen LogP contribution in [0.5, 0.6) is 0 Å². The van der Waals surface area contributed by atoms with E-state index in [1.54, 1.807) is 6.33 Å². The van der Waals surface area contributed by atoms with Crippen LogP contribution in [0.15, 0.2) is 61.2 Å². The fourth-order valence-electron chi connectivity index (χ4n) is 3.43. The molecule has 1 atom stereocenters. The Bertz CT molecular complexity index is 833. The third kappa shape index (κ3) is 1.45. The molecule has 0 radical (unpaired) electrons. The lowest BCUT2D eigenvalue weighted by molar-refractivity contribution is 0.718. The predicted octanol–water partition coefficient (Wildman–Crippen LogP) is 3.04. The molecule has 5 heteroatoms. The predicted molar refractivity (Wildman–Crippen MR) is 84.5 cm³/mol. The molecule has 106 valence electrons. The molecule has 0 saturated heterocycles. The number of pyridine rings is 1. The Morgan fingerprint density at radius 3 is 2.73 bits per heavy atom. The van der Waals surface area contributed by atoms with Crippen molar-refractivity contribution in [2.24, 2.45) is 0 Å². The van der Waals surface area contributed by atoms with Crippen molar-refractivity contribution in [1.82, 2.24) is 15.0 Å². The van der Waals surface area contributed by atoms with Gasteiger partial charge >= 0.3 is 0 Å². The highest BCUT2D eigenvalue weighted by Crippen LogP contribution is 2.50. The summed E-state index contributed by atoms with van der Waals surface area (Å²) < 4.78 is 0. The van der Waals surface area contributed by atoms with Crippen molar-refractivity contribution in [3.8, 4) is 0 Å². The van der Waals surface area contributed by atoms with Crippen LogP contribution in [0.25, 0.3) is 0 Å². The first-order valence-corrected chi connectivity index (χ1v) is 7.31. The van der Waals surface area contributed by atoms with Crippen molar-refractivity contribution < 1.29 is 0 Å². The molecule has 0 fully saturated rings. The number of para-hydroxylation sites is 1. The first-order valence-electron chi connectivity index (χ1n) is 7.31. The van der Waals surface area contributed by atoms with Crippen molar-refractivity contribution in [3.05, 3.63) is 66.7 Å². The van der Waals surface area contributed by atoms with E-state index in [9.17, 15) is 0 Å². The smallest absolute Gasteiger partial charge is 0.163 e. The molecule has 5 rings (SSSR count). The maximum Gasteiger partial charge on any atom is 0.163 e. The van der Waals surface area contributed by atoms with E-state index in [-0.39, 0.29) is 6.17 Å². The number of benzene rings is 1. The molecule has 1 aromatic carbocycles. The topological polar surface area (TPSA) is 45.2 Å². The third-order valence-electron chi connectivity index (χ3n) is 4.31. The average Bonchev–Trinajstić information content (AvgIpc) is 3.10. The fraction of sp³-hybridized carbons (Fsp3) is 0.118. The van der Waals surface area contributed by atoms with Gasteiger partial charge in [0, 0.05) is 18.3 Å². The number of aromatic nitrogens is 3. The van der Waals surface area contributed by atoms with Crippen LogP contribution in [0.3, 0.4) is 0 Å². The highest BCUT2D eigenvalue weighted by atomic mass is 15.5. The molecule has 0 bridgehead atoms. The van der Waals surface area contributed by atoms with E-state index >= 15 is 0 Å². The minimum absolute atomic E-state index is 0.180. The summed E-state index contributed by atoms with van der Waals surface area (Å²) in [5.41, 5.74) is 3.63. The van der Waals surface area contributed by atoms with Gasteiger partial charge in [-0.05, 0) is 23.8 Å². The number of anilines is 4. The van der Waals surface area contributed by atoms with E-state index in [0.29, 0.717) is 0 Å². The Morgan fingerprint density at radius 2 is 1.82 bits per heavy atom. The van der Waals surface area contributed by atoms with Crippen LogP contribution in [0.4, 0.5) is 23.0 Å². The van der Waals surface area contributed by atoms with Crippen LogP contribution in [-0.2, 0) is 6.42 Å². The minimum atomic E-state index is 0.180. The van der Waals surface area contributed by atoms with Gasteiger partial charge in [-0.15, -0.1) is 0 Å². The molecule has 22 heavy (non-hydrogen) atoms. The standard InChI is InChI=1S/C17H13N5/c1-2-6-13-12(5-1)9-16-21(13)14-10-18-11-20-17(14)22(16)15-7-3-4-8-19-15/h1-8,10-11,16H,9H2. The SMILES string of the molecule is c1ccc(N2c3ncncc3N3c4ccccc4CC32)nc1. The molecule has 0 aliphatic carbocycles. The van der Waals surface area contributed by atoms with E-state index in [1.165, 1.54) is 11.3 Å². The Labute approximate surface area is 127 Å². The second-order valence-corrected chi connectivity index (χ2v) is 5.47.